The molecule has 0 radical (unpaired) electrons. The average Bonchev–Trinajstić information content (AvgIpc) is 2.43. The molecule has 1 aromatic rings. The highest BCUT2D eigenvalue weighted by molar-refractivity contribution is 7.90. The maximum absolute atomic E-state index is 11.2. The van der Waals surface area contributed by atoms with Crippen LogP contribution in [-0.4, -0.2) is 19.7 Å². The molecule has 2 N–H and O–H groups in total. The first-order valence-electron chi connectivity index (χ1n) is 4.21. The molecule has 0 saturated heterocycles. The van der Waals surface area contributed by atoms with Crippen LogP contribution in [0.5, 0.6) is 0 Å². The third-order valence-corrected chi connectivity index (χ3v) is 3.57. The van der Waals surface area contributed by atoms with E-state index in [1.54, 1.807) is 13.8 Å². The van der Waals surface area contributed by atoms with Gasteiger partial charge in [-0.1, -0.05) is 0 Å². The molecule has 0 saturated carbocycles. The van der Waals surface area contributed by atoms with Gasteiger partial charge in [0.15, 0.2) is 9.84 Å². The third kappa shape index (κ3) is 2.13. The molecule has 0 aliphatic carbocycles. The van der Waals surface area contributed by atoms with E-state index in [0.29, 0.717) is 11.5 Å². The predicted octanol–water partition coefficient (Wildman–Crippen LogP) is 0.547. The molecule has 1 unspecified atom stereocenters. The molecule has 1 rings (SSSR count). The van der Waals surface area contributed by atoms with Gasteiger partial charge in [0.05, 0.1) is 12.2 Å². The van der Waals surface area contributed by atoms with E-state index < -0.39 is 15.1 Å². The van der Waals surface area contributed by atoms with E-state index in [2.05, 4.69) is 4.98 Å². The van der Waals surface area contributed by atoms with E-state index in [0.717, 1.165) is 6.26 Å². The van der Waals surface area contributed by atoms with Crippen LogP contribution in [0.3, 0.4) is 0 Å². The van der Waals surface area contributed by atoms with Crippen molar-refractivity contribution in [1.29, 1.82) is 0 Å². The molecule has 0 aromatic carbocycles. The van der Waals surface area contributed by atoms with Crippen LogP contribution >= 0.6 is 0 Å². The van der Waals surface area contributed by atoms with Crippen LogP contribution in [0.2, 0.25) is 0 Å². The summed E-state index contributed by atoms with van der Waals surface area (Å²) in [4.78, 5) is 4.02. The summed E-state index contributed by atoms with van der Waals surface area (Å²) in [6, 6.07) is 0. The molecule has 6 heteroatoms. The average molecular weight is 218 g/mol. The summed E-state index contributed by atoms with van der Waals surface area (Å²) < 4.78 is 27.7. The summed E-state index contributed by atoms with van der Waals surface area (Å²) in [5.41, 5.74) is 6.04. The highest BCUT2D eigenvalue weighted by Crippen LogP contribution is 2.22. The molecule has 0 amide bonds. The van der Waals surface area contributed by atoms with Crippen LogP contribution in [0, 0.1) is 6.92 Å². The van der Waals surface area contributed by atoms with Gasteiger partial charge in [-0.2, -0.15) is 0 Å². The van der Waals surface area contributed by atoms with Gasteiger partial charge >= 0.3 is 0 Å². The molecule has 0 aliphatic rings. The van der Waals surface area contributed by atoms with Crippen molar-refractivity contribution in [1.82, 2.24) is 4.98 Å². The minimum absolute atomic E-state index is 0.213. The smallest absolute Gasteiger partial charge is 0.212 e. The van der Waals surface area contributed by atoms with Crippen LogP contribution in [0.15, 0.2) is 4.42 Å². The van der Waals surface area contributed by atoms with Gasteiger partial charge in [0.1, 0.15) is 11.0 Å². The molecule has 0 aliphatic heterocycles. The second-order valence-electron chi connectivity index (χ2n) is 3.24. The summed E-state index contributed by atoms with van der Waals surface area (Å²) in [5.74, 6) is 0.751. The summed E-state index contributed by atoms with van der Waals surface area (Å²) in [7, 11) is -3.16. The van der Waals surface area contributed by atoms with Gasteiger partial charge in [-0.3, -0.25) is 0 Å². The van der Waals surface area contributed by atoms with E-state index in [9.17, 15) is 8.42 Å². The molecule has 1 aromatic heterocycles. The standard InChI is InChI=1S/C8H14N2O3S/c1-5-7(4-9)13-8(10-5)6(2)14(3,11)12/h6H,4,9H2,1-3H3. The van der Waals surface area contributed by atoms with Crippen LogP contribution < -0.4 is 5.73 Å². The fourth-order valence-corrected chi connectivity index (χ4v) is 1.46. The lowest BCUT2D eigenvalue weighted by Gasteiger charge is -2.02. The number of hydrogen-bond donors (Lipinski definition) is 1. The van der Waals surface area contributed by atoms with Crippen molar-refractivity contribution in [3.63, 3.8) is 0 Å². The molecule has 0 bridgehead atoms. The number of aryl methyl sites for hydroxylation is 1. The number of oxazole rings is 1. The topological polar surface area (TPSA) is 86.2 Å². The first kappa shape index (κ1) is 11.2. The molecule has 0 spiro atoms. The fourth-order valence-electron chi connectivity index (χ4n) is 0.997. The Balaban J connectivity index is 3.09. The van der Waals surface area contributed by atoms with Crippen LogP contribution in [-0.2, 0) is 16.4 Å². The third-order valence-electron chi connectivity index (χ3n) is 2.08. The van der Waals surface area contributed by atoms with Gasteiger partial charge in [0, 0.05) is 6.26 Å². The van der Waals surface area contributed by atoms with Crippen molar-refractivity contribution in [2.24, 2.45) is 5.73 Å². The molecule has 0 fully saturated rings. The van der Waals surface area contributed by atoms with Crippen LogP contribution in [0.1, 0.15) is 29.5 Å². The molecule has 80 valence electrons. The number of nitrogens with two attached hydrogens (primary N) is 1. The minimum Gasteiger partial charge on any atom is -0.443 e. The van der Waals surface area contributed by atoms with Crippen molar-refractivity contribution in [3.05, 3.63) is 17.3 Å². The van der Waals surface area contributed by atoms with E-state index in [1.807, 2.05) is 0 Å². The lowest BCUT2D eigenvalue weighted by atomic mass is 10.4. The van der Waals surface area contributed by atoms with Crippen LogP contribution in [0.25, 0.3) is 0 Å². The second-order valence-corrected chi connectivity index (χ2v) is 5.60. The van der Waals surface area contributed by atoms with Gasteiger partial charge in [-0.05, 0) is 13.8 Å². The van der Waals surface area contributed by atoms with E-state index in [-0.39, 0.29) is 12.4 Å². The number of sulfone groups is 1. The molecule has 14 heavy (non-hydrogen) atoms. The highest BCUT2D eigenvalue weighted by atomic mass is 32.2. The Morgan fingerprint density at radius 2 is 2.14 bits per heavy atom. The number of hydrogen-bond acceptors (Lipinski definition) is 5. The highest BCUT2D eigenvalue weighted by Gasteiger charge is 2.23. The quantitative estimate of drug-likeness (QED) is 0.800. The van der Waals surface area contributed by atoms with Gasteiger partial charge in [0.25, 0.3) is 0 Å². The lowest BCUT2D eigenvalue weighted by molar-refractivity contribution is 0.451. The Kier molecular flexibility index (Phi) is 2.96. The maximum Gasteiger partial charge on any atom is 0.212 e. The van der Waals surface area contributed by atoms with Crippen molar-refractivity contribution >= 4 is 9.84 Å². The van der Waals surface area contributed by atoms with Crippen LogP contribution in [0.4, 0.5) is 0 Å². The fraction of sp³-hybridized carbons (Fsp3) is 0.625. The first-order valence-corrected chi connectivity index (χ1v) is 6.17. The molecular weight excluding hydrogens is 204 g/mol. The summed E-state index contributed by atoms with van der Waals surface area (Å²) in [6.45, 7) is 3.51. The first-order chi connectivity index (χ1) is 6.36. The Morgan fingerprint density at radius 1 is 1.57 bits per heavy atom. The molecule has 1 heterocycles. The zero-order chi connectivity index (χ0) is 10.9. The Morgan fingerprint density at radius 3 is 2.50 bits per heavy atom. The monoisotopic (exact) mass is 218 g/mol. The zero-order valence-electron chi connectivity index (χ0n) is 8.44. The van der Waals surface area contributed by atoms with Crippen molar-refractivity contribution < 1.29 is 12.8 Å². The number of nitrogens with zero attached hydrogens (tertiary/aromatic N) is 1. The molecular formula is C8H14N2O3S. The Hall–Kier alpha value is -0.880. The second kappa shape index (κ2) is 3.70. The van der Waals surface area contributed by atoms with Crippen molar-refractivity contribution in [2.75, 3.05) is 6.26 Å². The SMILES string of the molecule is Cc1nc(C(C)S(C)(=O)=O)oc1CN. The van der Waals surface area contributed by atoms with Gasteiger partial charge < -0.3 is 10.2 Å². The number of rotatable bonds is 3. The minimum atomic E-state index is -3.16. The van der Waals surface area contributed by atoms with Gasteiger partial charge in [-0.15, -0.1) is 0 Å². The zero-order valence-corrected chi connectivity index (χ0v) is 9.26. The largest absolute Gasteiger partial charge is 0.443 e. The molecule has 1 atom stereocenters. The normalized spacial score (nSPS) is 14.3. The Bertz CT molecular complexity index is 422. The lowest BCUT2D eigenvalue weighted by Crippen LogP contribution is -2.07. The van der Waals surface area contributed by atoms with Crippen molar-refractivity contribution in [3.8, 4) is 0 Å². The summed E-state index contributed by atoms with van der Waals surface area (Å²) >= 11 is 0. The Labute approximate surface area is 83.2 Å². The summed E-state index contributed by atoms with van der Waals surface area (Å²) in [5, 5.41) is -0.721. The number of aromatic nitrogens is 1. The molecule has 5 nitrogen and oxygen atoms in total. The van der Waals surface area contributed by atoms with E-state index in [4.69, 9.17) is 10.2 Å². The van der Waals surface area contributed by atoms with Crippen molar-refractivity contribution in [2.45, 2.75) is 25.6 Å². The summed E-state index contributed by atoms with van der Waals surface area (Å²) in [6.07, 6.45) is 1.15. The maximum atomic E-state index is 11.2. The van der Waals surface area contributed by atoms with Gasteiger partial charge in [0.2, 0.25) is 5.89 Å². The van der Waals surface area contributed by atoms with E-state index >= 15 is 0 Å². The van der Waals surface area contributed by atoms with E-state index in [1.165, 1.54) is 0 Å². The van der Waals surface area contributed by atoms with Gasteiger partial charge in [-0.25, -0.2) is 13.4 Å². The predicted molar refractivity (Wildman–Crippen MR) is 52.4 cm³/mol.